The van der Waals surface area contributed by atoms with E-state index in [9.17, 15) is 8.42 Å². The molecule has 0 radical (unpaired) electrons. The largest absolute Gasteiger partial charge is 0.492 e. The Balaban J connectivity index is 1.52. The summed E-state index contributed by atoms with van der Waals surface area (Å²) in [7, 11) is -3.27. The van der Waals surface area contributed by atoms with Gasteiger partial charge in [-0.25, -0.2) is 18.4 Å². The van der Waals surface area contributed by atoms with Gasteiger partial charge in [0.25, 0.3) is 0 Å². The summed E-state index contributed by atoms with van der Waals surface area (Å²) < 4.78 is 30.5. The Labute approximate surface area is 154 Å². The predicted molar refractivity (Wildman–Crippen MR) is 102 cm³/mol. The number of ether oxygens (including phenoxy) is 1. The van der Waals surface area contributed by atoms with E-state index in [1.54, 1.807) is 24.3 Å². The molecular weight excluding hydrogens is 352 g/mol. The highest BCUT2D eigenvalue weighted by molar-refractivity contribution is 7.92. The summed E-state index contributed by atoms with van der Waals surface area (Å²) in [5.41, 5.74) is 2.92. The van der Waals surface area contributed by atoms with Gasteiger partial charge in [-0.3, -0.25) is 4.72 Å². The summed E-state index contributed by atoms with van der Waals surface area (Å²) in [5, 5.41) is 3.36. The number of benzene rings is 1. The molecule has 1 heterocycles. The first-order valence-corrected chi connectivity index (χ1v) is 10.6. The van der Waals surface area contributed by atoms with Gasteiger partial charge in [0.1, 0.15) is 24.0 Å². The molecular formula is C18H24N4O3S. The fourth-order valence-corrected chi connectivity index (χ4v) is 3.60. The Morgan fingerprint density at radius 1 is 1.12 bits per heavy atom. The number of hydrogen-bond acceptors (Lipinski definition) is 6. The molecule has 1 aliphatic carbocycles. The third kappa shape index (κ3) is 5.08. The second-order valence-corrected chi connectivity index (χ2v) is 8.17. The monoisotopic (exact) mass is 376 g/mol. The quantitative estimate of drug-likeness (QED) is 0.721. The lowest BCUT2D eigenvalue weighted by molar-refractivity contribution is 0.332. The van der Waals surface area contributed by atoms with Gasteiger partial charge in [0.15, 0.2) is 0 Å². The van der Waals surface area contributed by atoms with Gasteiger partial charge < -0.3 is 10.1 Å². The van der Waals surface area contributed by atoms with E-state index in [-0.39, 0.29) is 0 Å². The minimum atomic E-state index is -3.27. The van der Waals surface area contributed by atoms with Crippen molar-refractivity contribution < 1.29 is 13.2 Å². The van der Waals surface area contributed by atoms with Crippen molar-refractivity contribution in [3.63, 3.8) is 0 Å². The molecule has 140 valence electrons. The lowest BCUT2D eigenvalue weighted by Crippen LogP contribution is -2.17. The third-order valence-corrected chi connectivity index (χ3v) is 4.72. The molecule has 0 saturated heterocycles. The van der Waals surface area contributed by atoms with Crippen molar-refractivity contribution in [1.29, 1.82) is 0 Å². The first kappa shape index (κ1) is 18.4. The maximum absolute atomic E-state index is 11.2. The molecule has 0 spiro atoms. The molecule has 1 aliphatic rings. The fourth-order valence-electron chi connectivity index (χ4n) is 3.04. The number of aryl methyl sites for hydroxylation is 2. The predicted octanol–water partition coefficient (Wildman–Crippen LogP) is 2.53. The summed E-state index contributed by atoms with van der Waals surface area (Å²) in [5.74, 6) is 2.40. The molecule has 0 amide bonds. The molecule has 7 nitrogen and oxygen atoms in total. The highest BCUT2D eigenvalue weighted by Gasteiger charge is 2.16. The standard InChI is InChI=1S/C18H24N4O3S/c1-13-20-17-6-4-3-5-16(17)18(21-13)19-11-12-25-15-9-7-14(8-10-15)22-26(2,23)24/h7-10,22H,3-6,11-12H2,1-2H3,(H,19,20,21). The van der Waals surface area contributed by atoms with E-state index < -0.39 is 10.0 Å². The van der Waals surface area contributed by atoms with Gasteiger partial charge in [0, 0.05) is 16.9 Å². The van der Waals surface area contributed by atoms with Crippen LogP contribution in [0.2, 0.25) is 0 Å². The van der Waals surface area contributed by atoms with Crippen molar-refractivity contribution in [2.75, 3.05) is 29.4 Å². The van der Waals surface area contributed by atoms with Crippen LogP contribution >= 0.6 is 0 Å². The minimum absolute atomic E-state index is 0.483. The highest BCUT2D eigenvalue weighted by Crippen LogP contribution is 2.25. The molecule has 0 bridgehead atoms. The van der Waals surface area contributed by atoms with Crippen molar-refractivity contribution in [3.8, 4) is 5.75 Å². The van der Waals surface area contributed by atoms with E-state index >= 15 is 0 Å². The molecule has 1 aromatic heterocycles. The molecule has 0 aliphatic heterocycles. The van der Waals surface area contributed by atoms with Crippen LogP contribution in [0.3, 0.4) is 0 Å². The zero-order valence-corrected chi connectivity index (χ0v) is 15.9. The van der Waals surface area contributed by atoms with E-state index in [0.717, 1.165) is 30.7 Å². The van der Waals surface area contributed by atoms with Crippen molar-refractivity contribution in [2.24, 2.45) is 0 Å². The Bertz CT molecular complexity index is 867. The molecule has 0 unspecified atom stereocenters. The SMILES string of the molecule is Cc1nc2c(c(NCCOc3ccc(NS(C)(=O)=O)cc3)n1)CCCC2. The maximum atomic E-state index is 11.2. The average Bonchev–Trinajstić information content (AvgIpc) is 2.58. The van der Waals surface area contributed by atoms with Gasteiger partial charge in [0.2, 0.25) is 10.0 Å². The smallest absolute Gasteiger partial charge is 0.229 e. The van der Waals surface area contributed by atoms with Crippen molar-refractivity contribution in [2.45, 2.75) is 32.6 Å². The first-order valence-electron chi connectivity index (χ1n) is 8.71. The van der Waals surface area contributed by atoms with Crippen LogP contribution in [-0.2, 0) is 22.9 Å². The second-order valence-electron chi connectivity index (χ2n) is 6.43. The third-order valence-electron chi connectivity index (χ3n) is 4.12. The molecule has 2 N–H and O–H groups in total. The van der Waals surface area contributed by atoms with Crippen LogP contribution in [0, 0.1) is 6.92 Å². The molecule has 0 saturated carbocycles. The Morgan fingerprint density at radius 2 is 1.85 bits per heavy atom. The highest BCUT2D eigenvalue weighted by atomic mass is 32.2. The van der Waals surface area contributed by atoms with Gasteiger partial charge in [-0.15, -0.1) is 0 Å². The number of hydrogen-bond donors (Lipinski definition) is 2. The lowest BCUT2D eigenvalue weighted by atomic mass is 9.96. The Hall–Kier alpha value is -2.35. The van der Waals surface area contributed by atoms with E-state index in [0.29, 0.717) is 24.6 Å². The summed E-state index contributed by atoms with van der Waals surface area (Å²) in [6.45, 7) is 3.03. The first-order chi connectivity index (χ1) is 12.4. The minimum Gasteiger partial charge on any atom is -0.492 e. The van der Waals surface area contributed by atoms with Crippen molar-refractivity contribution in [3.05, 3.63) is 41.3 Å². The van der Waals surface area contributed by atoms with Crippen molar-refractivity contribution in [1.82, 2.24) is 9.97 Å². The zero-order chi connectivity index (χ0) is 18.6. The van der Waals surface area contributed by atoms with Crippen molar-refractivity contribution >= 4 is 21.5 Å². The Kier molecular flexibility index (Phi) is 5.61. The van der Waals surface area contributed by atoms with Crippen LogP contribution < -0.4 is 14.8 Å². The molecule has 0 atom stereocenters. The van der Waals surface area contributed by atoms with Crippen LogP contribution in [0.15, 0.2) is 24.3 Å². The summed E-state index contributed by atoms with van der Waals surface area (Å²) in [4.78, 5) is 9.09. The van der Waals surface area contributed by atoms with Crippen LogP contribution in [-0.4, -0.2) is 37.8 Å². The topological polar surface area (TPSA) is 93.2 Å². The van der Waals surface area contributed by atoms with E-state index in [1.807, 2.05) is 6.92 Å². The van der Waals surface area contributed by atoms with E-state index in [2.05, 4.69) is 20.0 Å². The number of nitrogens with zero attached hydrogens (tertiary/aromatic N) is 2. The molecule has 26 heavy (non-hydrogen) atoms. The molecule has 1 aromatic carbocycles. The summed E-state index contributed by atoms with van der Waals surface area (Å²) >= 11 is 0. The van der Waals surface area contributed by atoms with Gasteiger partial charge in [0.05, 0.1) is 12.8 Å². The lowest BCUT2D eigenvalue weighted by Gasteiger charge is -2.19. The normalized spacial score (nSPS) is 13.8. The van der Waals surface area contributed by atoms with Crippen LogP contribution in [0.5, 0.6) is 5.75 Å². The maximum Gasteiger partial charge on any atom is 0.229 e. The molecule has 2 aromatic rings. The Morgan fingerprint density at radius 3 is 2.58 bits per heavy atom. The zero-order valence-electron chi connectivity index (χ0n) is 15.1. The second kappa shape index (κ2) is 7.90. The molecule has 8 heteroatoms. The summed E-state index contributed by atoms with van der Waals surface area (Å²) in [6, 6.07) is 6.83. The molecule has 3 rings (SSSR count). The van der Waals surface area contributed by atoms with Gasteiger partial charge in [-0.1, -0.05) is 0 Å². The fraction of sp³-hybridized carbons (Fsp3) is 0.444. The number of nitrogens with one attached hydrogen (secondary N) is 2. The summed E-state index contributed by atoms with van der Waals surface area (Å²) in [6.07, 6.45) is 5.54. The number of anilines is 2. The number of rotatable bonds is 7. The van der Waals surface area contributed by atoms with Crippen LogP contribution in [0.1, 0.15) is 29.9 Å². The van der Waals surface area contributed by atoms with E-state index in [4.69, 9.17) is 4.74 Å². The van der Waals surface area contributed by atoms with Gasteiger partial charge in [-0.05, 0) is 56.9 Å². The number of fused-ring (bicyclic) bond motifs is 1. The van der Waals surface area contributed by atoms with Gasteiger partial charge >= 0.3 is 0 Å². The van der Waals surface area contributed by atoms with Crippen LogP contribution in [0.4, 0.5) is 11.5 Å². The number of aromatic nitrogens is 2. The van der Waals surface area contributed by atoms with E-state index in [1.165, 1.54) is 24.1 Å². The van der Waals surface area contributed by atoms with Gasteiger partial charge in [-0.2, -0.15) is 0 Å². The number of sulfonamides is 1. The van der Waals surface area contributed by atoms with Crippen LogP contribution in [0.25, 0.3) is 0 Å². The molecule has 0 fully saturated rings. The average molecular weight is 376 g/mol.